The lowest BCUT2D eigenvalue weighted by atomic mass is 9.80. The van der Waals surface area contributed by atoms with E-state index in [9.17, 15) is 4.79 Å². The summed E-state index contributed by atoms with van der Waals surface area (Å²) >= 11 is 0. The van der Waals surface area contributed by atoms with E-state index >= 15 is 0 Å². The fourth-order valence-corrected chi connectivity index (χ4v) is 3.22. The van der Waals surface area contributed by atoms with E-state index in [0.29, 0.717) is 17.1 Å². The number of pyridine rings is 2. The largest absolute Gasteiger partial charge is 0.498 e. The van der Waals surface area contributed by atoms with E-state index in [2.05, 4.69) is 14.9 Å². The monoisotopic (exact) mass is 403 g/mol. The molecule has 0 unspecified atom stereocenters. The Kier molecular flexibility index (Phi) is 4.64. The first-order valence-electron chi connectivity index (χ1n) is 9.57. The minimum absolute atomic E-state index is 0.221. The number of carbonyl (C=O) groups is 1. The molecule has 4 heterocycles. The highest BCUT2D eigenvalue weighted by atomic mass is 16.7. The third-order valence-electron chi connectivity index (χ3n) is 5.82. The van der Waals surface area contributed by atoms with Crippen molar-refractivity contribution in [3.63, 3.8) is 0 Å². The summed E-state index contributed by atoms with van der Waals surface area (Å²) in [7, 11) is 1.08. The third-order valence-corrected chi connectivity index (χ3v) is 5.82. The molecule has 3 aromatic rings. The summed E-state index contributed by atoms with van der Waals surface area (Å²) in [5.41, 5.74) is 1.48. The van der Waals surface area contributed by atoms with Crippen LogP contribution in [0.1, 0.15) is 38.1 Å². The van der Waals surface area contributed by atoms with Gasteiger partial charge in [-0.05, 0) is 45.9 Å². The van der Waals surface area contributed by atoms with Gasteiger partial charge in [-0.1, -0.05) is 6.07 Å². The van der Waals surface area contributed by atoms with Crippen LogP contribution in [0.4, 0.5) is 11.5 Å². The molecule has 0 saturated carbocycles. The van der Waals surface area contributed by atoms with Crippen molar-refractivity contribution in [3.8, 4) is 0 Å². The van der Waals surface area contributed by atoms with Gasteiger partial charge in [0.05, 0.1) is 23.3 Å². The summed E-state index contributed by atoms with van der Waals surface area (Å²) in [6.07, 6.45) is 4.89. The standard InChI is InChI=1S/C21H22BN5O3/c1-20(2)21(3,4)30-22(29-20)16-13-25-27-10-9-14(11-17(16)27)19(28)26(6)18-8-7-15(23-5)12-24-18/h7-13H,1-4,6H3. The minimum Gasteiger partial charge on any atom is -0.399 e. The van der Waals surface area contributed by atoms with Crippen molar-refractivity contribution >= 4 is 35.5 Å². The number of fused-ring (bicyclic) bond motifs is 1. The van der Waals surface area contributed by atoms with Crippen molar-refractivity contribution in [2.75, 3.05) is 11.9 Å². The molecule has 0 spiro atoms. The van der Waals surface area contributed by atoms with E-state index in [4.69, 9.17) is 15.9 Å². The summed E-state index contributed by atoms with van der Waals surface area (Å²) < 4.78 is 14.0. The number of carbonyl (C=O) groups excluding carboxylic acids is 1. The number of nitrogens with zero attached hydrogens (tertiary/aromatic N) is 5. The van der Waals surface area contributed by atoms with Gasteiger partial charge in [-0.15, -0.1) is 0 Å². The SMILES string of the molecule is [C-]#[N+]c1ccc(N(C)C(=O)c2ccn3ncc(B4OC(C)(C)C(C)(C)O4)c3c2)nc1. The molecule has 1 amide bonds. The van der Waals surface area contributed by atoms with Crippen LogP contribution in [0.15, 0.2) is 42.9 Å². The molecule has 3 aromatic heterocycles. The molecule has 0 N–H and O–H groups in total. The normalized spacial score (nSPS) is 17.1. The summed E-state index contributed by atoms with van der Waals surface area (Å²) in [4.78, 5) is 22.0. The number of hydrogen-bond acceptors (Lipinski definition) is 5. The van der Waals surface area contributed by atoms with Crippen molar-refractivity contribution in [1.29, 1.82) is 0 Å². The molecule has 30 heavy (non-hydrogen) atoms. The second-order valence-electron chi connectivity index (χ2n) is 8.28. The first-order valence-corrected chi connectivity index (χ1v) is 9.57. The van der Waals surface area contributed by atoms with Crippen molar-refractivity contribution in [3.05, 3.63) is 59.8 Å². The zero-order valence-corrected chi connectivity index (χ0v) is 17.6. The molecule has 0 atom stereocenters. The third kappa shape index (κ3) is 3.24. The molecule has 1 aliphatic rings. The maximum Gasteiger partial charge on any atom is 0.498 e. The van der Waals surface area contributed by atoms with Crippen LogP contribution < -0.4 is 10.4 Å². The number of hydrogen-bond donors (Lipinski definition) is 0. The Morgan fingerprint density at radius 1 is 1.17 bits per heavy atom. The Morgan fingerprint density at radius 3 is 2.47 bits per heavy atom. The molecule has 1 saturated heterocycles. The predicted molar refractivity (Wildman–Crippen MR) is 114 cm³/mol. The van der Waals surface area contributed by atoms with Crippen molar-refractivity contribution in [2.24, 2.45) is 0 Å². The van der Waals surface area contributed by atoms with E-state index in [0.717, 1.165) is 11.0 Å². The van der Waals surface area contributed by atoms with Gasteiger partial charge in [-0.2, -0.15) is 5.10 Å². The Morgan fingerprint density at radius 2 is 1.87 bits per heavy atom. The summed E-state index contributed by atoms with van der Waals surface area (Å²) in [6.45, 7) is 15.0. The van der Waals surface area contributed by atoms with Gasteiger partial charge in [0.1, 0.15) is 5.82 Å². The number of amides is 1. The zero-order chi connectivity index (χ0) is 21.7. The van der Waals surface area contributed by atoms with Crippen LogP contribution >= 0.6 is 0 Å². The first-order chi connectivity index (χ1) is 14.1. The van der Waals surface area contributed by atoms with E-state index in [-0.39, 0.29) is 5.91 Å². The molecule has 0 aliphatic carbocycles. The van der Waals surface area contributed by atoms with Crippen LogP contribution in [0.2, 0.25) is 0 Å². The van der Waals surface area contributed by atoms with E-state index < -0.39 is 18.3 Å². The second kappa shape index (κ2) is 6.94. The molecule has 4 rings (SSSR count). The van der Waals surface area contributed by atoms with Gasteiger partial charge in [-0.25, -0.2) is 9.36 Å². The number of anilines is 1. The zero-order valence-electron chi connectivity index (χ0n) is 17.6. The highest BCUT2D eigenvalue weighted by molar-refractivity contribution is 6.64. The van der Waals surface area contributed by atoms with Gasteiger partial charge in [0.15, 0.2) is 0 Å². The number of aromatic nitrogens is 3. The second-order valence-corrected chi connectivity index (χ2v) is 8.28. The minimum atomic E-state index is -0.571. The van der Waals surface area contributed by atoms with Crippen molar-refractivity contribution in [2.45, 2.75) is 38.9 Å². The quantitative estimate of drug-likeness (QED) is 0.497. The predicted octanol–water partition coefficient (Wildman–Crippen LogP) is 2.86. The van der Waals surface area contributed by atoms with E-state index in [1.807, 2.05) is 27.7 Å². The smallest absolute Gasteiger partial charge is 0.399 e. The molecular weight excluding hydrogens is 381 g/mol. The average Bonchev–Trinajstić information content (AvgIpc) is 3.23. The van der Waals surface area contributed by atoms with Crippen LogP contribution in [0, 0.1) is 6.57 Å². The molecule has 1 aliphatic heterocycles. The highest BCUT2D eigenvalue weighted by Crippen LogP contribution is 2.36. The fourth-order valence-electron chi connectivity index (χ4n) is 3.22. The van der Waals surface area contributed by atoms with Gasteiger partial charge in [0.25, 0.3) is 5.91 Å². The Bertz CT molecular complexity index is 1150. The topological polar surface area (TPSA) is 73.3 Å². The molecule has 1 fully saturated rings. The van der Waals surface area contributed by atoms with Crippen LogP contribution in [-0.4, -0.2) is 45.9 Å². The number of rotatable bonds is 3. The lowest BCUT2D eigenvalue weighted by Crippen LogP contribution is -2.41. The Labute approximate surface area is 175 Å². The summed E-state index contributed by atoms with van der Waals surface area (Å²) in [5.74, 6) is 0.244. The molecule has 9 heteroatoms. The molecular formula is C21H22BN5O3. The summed E-state index contributed by atoms with van der Waals surface area (Å²) in [6, 6.07) is 6.77. The van der Waals surface area contributed by atoms with E-state index in [1.54, 1.807) is 48.2 Å². The molecule has 8 nitrogen and oxygen atoms in total. The Hall–Kier alpha value is -3.22. The lowest BCUT2D eigenvalue weighted by molar-refractivity contribution is 0.00578. The maximum absolute atomic E-state index is 13.0. The highest BCUT2D eigenvalue weighted by Gasteiger charge is 2.52. The molecule has 152 valence electrons. The van der Waals surface area contributed by atoms with Gasteiger partial charge < -0.3 is 9.31 Å². The first kappa shape index (κ1) is 20.1. The molecule has 0 radical (unpaired) electrons. The van der Waals surface area contributed by atoms with Gasteiger partial charge >= 0.3 is 7.12 Å². The van der Waals surface area contributed by atoms with Gasteiger partial charge in [0, 0.05) is 36.7 Å². The lowest BCUT2D eigenvalue weighted by Gasteiger charge is -2.32. The van der Waals surface area contributed by atoms with Crippen LogP contribution in [0.25, 0.3) is 10.4 Å². The van der Waals surface area contributed by atoms with Crippen molar-refractivity contribution < 1.29 is 14.1 Å². The van der Waals surface area contributed by atoms with E-state index in [1.165, 1.54) is 11.1 Å². The van der Waals surface area contributed by atoms with Gasteiger partial charge in [-0.3, -0.25) is 14.7 Å². The van der Waals surface area contributed by atoms with Crippen LogP contribution in [0.3, 0.4) is 0 Å². The fraction of sp³-hybridized carbons (Fsp3) is 0.333. The molecule has 0 aromatic carbocycles. The average molecular weight is 403 g/mol. The Balaban J connectivity index is 1.66. The summed E-state index contributed by atoms with van der Waals surface area (Å²) in [5, 5.41) is 4.37. The van der Waals surface area contributed by atoms with Gasteiger partial charge in [0.2, 0.25) is 5.69 Å². The van der Waals surface area contributed by atoms with Crippen molar-refractivity contribution in [1.82, 2.24) is 14.6 Å². The maximum atomic E-state index is 13.0. The van der Waals surface area contributed by atoms with Crippen LogP contribution in [0.5, 0.6) is 0 Å². The molecule has 0 bridgehead atoms. The van der Waals surface area contributed by atoms with Crippen LogP contribution in [-0.2, 0) is 9.31 Å².